The lowest BCUT2D eigenvalue weighted by atomic mass is 10.4. The number of halogens is 3. The molecule has 1 rings (SSSR count). The quantitative estimate of drug-likeness (QED) is 0.385. The molecule has 1 aliphatic rings. The molecule has 0 unspecified atom stereocenters. The molecule has 0 fully saturated rings. The van der Waals surface area contributed by atoms with Gasteiger partial charge in [-0.25, -0.2) is 0 Å². The van der Waals surface area contributed by atoms with Crippen molar-refractivity contribution in [2.45, 2.75) is 24.8 Å². The van der Waals surface area contributed by atoms with Crippen molar-refractivity contribution in [1.29, 1.82) is 0 Å². The van der Waals surface area contributed by atoms with E-state index >= 15 is 0 Å². The van der Waals surface area contributed by atoms with E-state index in [1.54, 1.807) is 0 Å². The molecule has 0 aromatic carbocycles. The molecule has 0 bridgehead atoms. The summed E-state index contributed by atoms with van der Waals surface area (Å²) in [7, 11) is -5.84. The molecule has 0 heterocycles. The Balaban J connectivity index is 0.000000243. The molecule has 0 saturated carbocycles. The van der Waals surface area contributed by atoms with Crippen LogP contribution in [0.4, 0.5) is 13.2 Å². The Morgan fingerprint density at radius 2 is 1.46 bits per heavy atom. The third-order valence-corrected chi connectivity index (χ3v) is 1.79. The molecule has 1 N–H and O–H groups in total. The Morgan fingerprint density at radius 1 is 1.15 bits per heavy atom. The van der Waals surface area contributed by atoms with Gasteiger partial charge in [0.25, 0.3) is 0 Å². The maximum atomic E-state index is 10.7. The van der Waals surface area contributed by atoms with Gasteiger partial charge in [-0.2, -0.15) is 21.6 Å². The van der Waals surface area contributed by atoms with Crippen molar-refractivity contribution in [3.8, 4) is 0 Å². The van der Waals surface area contributed by atoms with E-state index in [2.05, 4.69) is 12.2 Å². The smallest absolute Gasteiger partial charge is 0.279 e. The summed E-state index contributed by atoms with van der Waals surface area (Å²) in [6.07, 6.45) is 8.50. The minimum atomic E-state index is -5.84. The first kappa shape index (κ1) is 12.4. The average molecular weight is 218 g/mol. The first-order valence-corrected chi connectivity index (χ1v) is 4.88. The van der Waals surface area contributed by atoms with Gasteiger partial charge in [-0.15, -0.1) is 0 Å². The number of rotatable bonds is 0. The van der Waals surface area contributed by atoms with E-state index in [1.165, 1.54) is 19.3 Å². The van der Waals surface area contributed by atoms with Crippen LogP contribution in [0.2, 0.25) is 0 Å². The van der Waals surface area contributed by atoms with Crippen LogP contribution in [0.15, 0.2) is 12.2 Å². The molecule has 0 saturated heterocycles. The van der Waals surface area contributed by atoms with Gasteiger partial charge in [-0.05, 0) is 19.3 Å². The Labute approximate surface area is 74.0 Å². The molecule has 78 valence electrons. The lowest BCUT2D eigenvalue weighted by molar-refractivity contribution is -0.0510. The molecular weight excluding hydrogens is 209 g/mol. The summed E-state index contributed by atoms with van der Waals surface area (Å²) >= 11 is 0. The highest BCUT2D eigenvalue weighted by atomic mass is 32.2. The summed E-state index contributed by atoms with van der Waals surface area (Å²) in [6.45, 7) is 0. The summed E-state index contributed by atoms with van der Waals surface area (Å²) < 4.78 is 57.5. The fourth-order valence-electron chi connectivity index (χ4n) is 0.589. The molecule has 0 radical (unpaired) electrons. The minimum absolute atomic E-state index is 1.32. The van der Waals surface area contributed by atoms with Crippen LogP contribution in [0.3, 0.4) is 0 Å². The van der Waals surface area contributed by atoms with Crippen LogP contribution in [0.25, 0.3) is 0 Å². The lowest BCUT2D eigenvalue weighted by Gasteiger charge is -1.97. The van der Waals surface area contributed by atoms with Gasteiger partial charge < -0.3 is 0 Å². The predicted octanol–water partition coefficient (Wildman–Crippen LogP) is 2.12. The van der Waals surface area contributed by atoms with Crippen LogP contribution in [0.1, 0.15) is 19.3 Å². The lowest BCUT2D eigenvalue weighted by Crippen LogP contribution is -2.21. The molecule has 3 nitrogen and oxygen atoms in total. The first-order valence-electron chi connectivity index (χ1n) is 3.44. The van der Waals surface area contributed by atoms with E-state index in [4.69, 9.17) is 13.0 Å². The Bertz CT molecular complexity index is 259. The first-order chi connectivity index (χ1) is 5.75. The third-order valence-electron chi connectivity index (χ3n) is 1.20. The second-order valence-electron chi connectivity index (χ2n) is 2.32. The minimum Gasteiger partial charge on any atom is -0.279 e. The van der Waals surface area contributed by atoms with Crippen molar-refractivity contribution in [3.63, 3.8) is 0 Å². The Kier molecular flexibility index (Phi) is 4.41. The van der Waals surface area contributed by atoms with E-state index in [1.807, 2.05) is 0 Å². The van der Waals surface area contributed by atoms with E-state index < -0.39 is 15.6 Å². The number of allylic oxidation sites excluding steroid dienone is 2. The Hall–Kier alpha value is -0.560. The monoisotopic (exact) mass is 218 g/mol. The van der Waals surface area contributed by atoms with Crippen molar-refractivity contribution < 1.29 is 26.1 Å². The normalized spacial score (nSPS) is 16.6. The molecule has 0 spiro atoms. The van der Waals surface area contributed by atoms with Crippen LogP contribution in [-0.2, 0) is 10.1 Å². The summed E-state index contributed by atoms with van der Waals surface area (Å²) in [6, 6.07) is 0. The maximum absolute atomic E-state index is 10.7. The van der Waals surface area contributed by atoms with Gasteiger partial charge >= 0.3 is 15.6 Å². The number of hydrogen-bond donors (Lipinski definition) is 1. The van der Waals surface area contributed by atoms with Crippen molar-refractivity contribution >= 4 is 10.1 Å². The van der Waals surface area contributed by atoms with Crippen molar-refractivity contribution in [3.05, 3.63) is 12.2 Å². The van der Waals surface area contributed by atoms with E-state index in [9.17, 15) is 13.2 Å². The highest BCUT2D eigenvalue weighted by Crippen LogP contribution is 2.20. The summed E-state index contributed by atoms with van der Waals surface area (Å²) in [5.41, 5.74) is -5.53. The van der Waals surface area contributed by atoms with Crippen molar-refractivity contribution in [2.24, 2.45) is 0 Å². The van der Waals surface area contributed by atoms with Gasteiger partial charge in [-0.3, -0.25) is 4.55 Å². The fraction of sp³-hybridized carbons (Fsp3) is 0.667. The van der Waals surface area contributed by atoms with Crippen molar-refractivity contribution in [2.75, 3.05) is 0 Å². The summed E-state index contributed by atoms with van der Waals surface area (Å²) in [5.74, 6) is 0. The molecular formula is C6H9F3O3S. The standard InChI is InChI=1S/C5H8.CHF3O3S/c1-2-4-5-3-1;2-1(3,4)8(5,6)7/h1-2H,3-5H2;(H,5,6,7). The summed E-state index contributed by atoms with van der Waals surface area (Å²) in [4.78, 5) is 0. The highest BCUT2D eigenvalue weighted by molar-refractivity contribution is 7.86. The zero-order valence-electron chi connectivity index (χ0n) is 6.58. The second-order valence-corrected chi connectivity index (χ2v) is 3.74. The predicted molar refractivity (Wildman–Crippen MR) is 40.6 cm³/mol. The molecule has 0 atom stereocenters. The molecule has 0 aromatic rings. The SMILES string of the molecule is C1=CCCC1.O=S(=O)(O)C(F)(F)F. The van der Waals surface area contributed by atoms with Gasteiger partial charge in [0.1, 0.15) is 0 Å². The van der Waals surface area contributed by atoms with Gasteiger partial charge in [0.05, 0.1) is 0 Å². The average Bonchev–Trinajstić information content (AvgIpc) is 2.35. The molecule has 0 amide bonds. The molecule has 13 heavy (non-hydrogen) atoms. The van der Waals surface area contributed by atoms with Gasteiger partial charge in [0.15, 0.2) is 0 Å². The third kappa shape index (κ3) is 5.64. The van der Waals surface area contributed by atoms with Crippen molar-refractivity contribution in [1.82, 2.24) is 0 Å². The van der Waals surface area contributed by atoms with Gasteiger partial charge in [-0.1, -0.05) is 12.2 Å². The molecule has 7 heteroatoms. The topological polar surface area (TPSA) is 54.4 Å². The van der Waals surface area contributed by atoms with E-state index in [-0.39, 0.29) is 0 Å². The van der Waals surface area contributed by atoms with Crippen LogP contribution >= 0.6 is 0 Å². The zero-order valence-corrected chi connectivity index (χ0v) is 7.40. The molecule has 1 aliphatic carbocycles. The molecule has 0 aromatic heterocycles. The van der Waals surface area contributed by atoms with E-state index in [0.29, 0.717) is 0 Å². The van der Waals surface area contributed by atoms with Gasteiger partial charge in [0, 0.05) is 0 Å². The van der Waals surface area contributed by atoms with Crippen LogP contribution in [0, 0.1) is 0 Å². The fourth-order valence-corrected chi connectivity index (χ4v) is 0.589. The van der Waals surface area contributed by atoms with E-state index in [0.717, 1.165) is 0 Å². The van der Waals surface area contributed by atoms with Gasteiger partial charge in [0.2, 0.25) is 0 Å². The zero-order chi connectivity index (χ0) is 10.5. The Morgan fingerprint density at radius 3 is 1.54 bits per heavy atom. The van der Waals surface area contributed by atoms with Crippen LogP contribution in [0.5, 0.6) is 0 Å². The largest absolute Gasteiger partial charge is 0.522 e. The van der Waals surface area contributed by atoms with Crippen LogP contribution in [-0.4, -0.2) is 18.5 Å². The highest BCUT2D eigenvalue weighted by Gasteiger charge is 2.44. The molecule has 0 aliphatic heterocycles. The van der Waals surface area contributed by atoms with Crippen LogP contribution < -0.4 is 0 Å². The number of alkyl halides is 3. The number of hydrogen-bond acceptors (Lipinski definition) is 2. The summed E-state index contributed by atoms with van der Waals surface area (Å²) in [5, 5.41) is 0. The maximum Gasteiger partial charge on any atom is 0.522 e. The second kappa shape index (κ2) is 4.61.